The second-order valence-electron chi connectivity index (χ2n) is 2.94. The molecule has 0 saturated heterocycles. The molecule has 0 saturated carbocycles. The lowest BCUT2D eigenvalue weighted by Gasteiger charge is -2.03. The number of rotatable bonds is 1. The van der Waals surface area contributed by atoms with E-state index in [2.05, 4.69) is 11.2 Å². The Balaban J connectivity index is 2.83. The molecule has 1 aliphatic rings. The molecular weight excluding hydrogens is 238 g/mol. The Morgan fingerprint density at radius 3 is 2.53 bits per heavy atom. The first-order valence-electron chi connectivity index (χ1n) is 3.87. The van der Waals surface area contributed by atoms with Gasteiger partial charge in [-0.15, -0.1) is 0 Å². The molecule has 1 heterocycles. The number of hydrogen-bond acceptors (Lipinski definition) is 4. The van der Waals surface area contributed by atoms with Gasteiger partial charge in [0.1, 0.15) is 0 Å². The van der Waals surface area contributed by atoms with E-state index in [1.807, 2.05) is 5.32 Å². The average Bonchev–Trinajstić information content (AvgIpc) is 2.41. The van der Waals surface area contributed by atoms with Gasteiger partial charge in [-0.1, -0.05) is 6.07 Å². The molecule has 1 aromatic carbocycles. The highest BCUT2D eigenvalue weighted by molar-refractivity contribution is 8.29. The zero-order valence-electron chi connectivity index (χ0n) is 7.22. The summed E-state index contributed by atoms with van der Waals surface area (Å²) in [6.07, 6.45) is 0. The van der Waals surface area contributed by atoms with Crippen LogP contribution in [-0.4, -0.2) is 20.6 Å². The average molecular weight is 243 g/mol. The predicted octanol–water partition coefficient (Wildman–Crippen LogP) is 0.148. The van der Waals surface area contributed by atoms with Crippen molar-refractivity contribution in [1.82, 2.24) is 5.32 Å². The topological polar surface area (TPSA) is 83.5 Å². The second kappa shape index (κ2) is 3.09. The summed E-state index contributed by atoms with van der Waals surface area (Å²) in [5.74, 6) is -1.26. The monoisotopic (exact) mass is 243 g/mol. The van der Waals surface area contributed by atoms with Crippen LogP contribution >= 0.6 is 0 Å². The SMILES string of the molecule is O=C1NC(=O)c2c1cccc2S(=O)(O)=S. The first-order valence-corrected chi connectivity index (χ1v) is 6.31. The van der Waals surface area contributed by atoms with Gasteiger partial charge in [-0.3, -0.25) is 14.9 Å². The second-order valence-corrected chi connectivity index (χ2v) is 5.68. The van der Waals surface area contributed by atoms with Gasteiger partial charge in [0.2, 0.25) is 0 Å². The van der Waals surface area contributed by atoms with Gasteiger partial charge < -0.3 is 4.55 Å². The van der Waals surface area contributed by atoms with Crippen molar-refractivity contribution in [2.45, 2.75) is 4.90 Å². The fraction of sp³-hybridized carbons (Fsp3) is 0. The van der Waals surface area contributed by atoms with Crippen LogP contribution in [0.5, 0.6) is 0 Å². The molecule has 7 heteroatoms. The maximum absolute atomic E-state index is 11.3. The normalized spacial score (nSPS) is 18.2. The number of imide groups is 1. The summed E-state index contributed by atoms with van der Waals surface area (Å²) >= 11 is 4.38. The first-order chi connectivity index (χ1) is 6.91. The van der Waals surface area contributed by atoms with Crippen LogP contribution in [0, 0.1) is 0 Å². The fourth-order valence-corrected chi connectivity index (χ4v) is 2.53. The fourth-order valence-electron chi connectivity index (χ4n) is 1.40. The highest BCUT2D eigenvalue weighted by atomic mass is 32.8. The lowest BCUT2D eigenvalue weighted by molar-refractivity contribution is 0.0878. The molecule has 1 aliphatic heterocycles. The largest absolute Gasteiger partial charge is 0.302 e. The molecule has 0 bridgehead atoms. The Hall–Kier alpha value is -1.31. The van der Waals surface area contributed by atoms with E-state index in [-0.39, 0.29) is 16.0 Å². The molecular formula is C8H5NO4S2. The Morgan fingerprint density at radius 1 is 1.27 bits per heavy atom. The van der Waals surface area contributed by atoms with Crippen LogP contribution in [-0.2, 0) is 20.0 Å². The van der Waals surface area contributed by atoms with Gasteiger partial charge >= 0.3 is 0 Å². The van der Waals surface area contributed by atoms with E-state index in [0.29, 0.717) is 0 Å². The van der Waals surface area contributed by atoms with Crippen molar-refractivity contribution in [3.8, 4) is 0 Å². The van der Waals surface area contributed by atoms with Crippen molar-refractivity contribution in [1.29, 1.82) is 0 Å². The molecule has 1 atom stereocenters. The summed E-state index contributed by atoms with van der Waals surface area (Å²) in [7, 11) is -3.66. The summed E-state index contributed by atoms with van der Waals surface area (Å²) < 4.78 is 20.5. The van der Waals surface area contributed by atoms with Gasteiger partial charge in [-0.25, -0.2) is 4.21 Å². The van der Waals surface area contributed by atoms with Gasteiger partial charge in [0.15, 0.2) is 8.77 Å². The molecule has 2 rings (SSSR count). The van der Waals surface area contributed by atoms with Crippen LogP contribution in [0.25, 0.3) is 0 Å². The number of carbonyl (C=O) groups excluding carboxylic acids is 2. The van der Waals surface area contributed by atoms with Crippen molar-refractivity contribution >= 4 is 31.8 Å². The van der Waals surface area contributed by atoms with Crippen LogP contribution in [0.3, 0.4) is 0 Å². The van der Waals surface area contributed by atoms with E-state index in [1.54, 1.807) is 0 Å². The predicted molar refractivity (Wildman–Crippen MR) is 54.6 cm³/mol. The minimum atomic E-state index is -3.66. The molecule has 0 spiro atoms. The van der Waals surface area contributed by atoms with Crippen LogP contribution in [0.4, 0.5) is 0 Å². The number of nitrogens with one attached hydrogen (secondary N) is 1. The Morgan fingerprint density at radius 2 is 1.93 bits per heavy atom. The number of fused-ring (bicyclic) bond motifs is 1. The summed E-state index contributed by atoms with van der Waals surface area (Å²) in [4.78, 5) is 22.4. The van der Waals surface area contributed by atoms with E-state index >= 15 is 0 Å². The third-order valence-corrected chi connectivity index (χ3v) is 3.44. The Kier molecular flexibility index (Phi) is 2.10. The number of hydrogen-bond donors (Lipinski definition) is 2. The minimum absolute atomic E-state index is 0.0872. The molecule has 1 unspecified atom stereocenters. The van der Waals surface area contributed by atoms with Crippen molar-refractivity contribution in [2.75, 3.05) is 0 Å². The molecule has 15 heavy (non-hydrogen) atoms. The molecule has 2 amide bonds. The molecule has 78 valence electrons. The molecule has 1 aromatic rings. The quantitative estimate of drug-likeness (QED) is 0.686. The van der Waals surface area contributed by atoms with E-state index < -0.39 is 20.6 Å². The van der Waals surface area contributed by atoms with Gasteiger partial charge in [0.25, 0.3) is 11.8 Å². The van der Waals surface area contributed by atoms with E-state index in [9.17, 15) is 18.4 Å². The summed E-state index contributed by atoms with van der Waals surface area (Å²) in [5, 5.41) is 2.03. The zero-order chi connectivity index (χ0) is 11.2. The minimum Gasteiger partial charge on any atom is -0.302 e. The zero-order valence-corrected chi connectivity index (χ0v) is 8.85. The van der Waals surface area contributed by atoms with E-state index in [1.165, 1.54) is 18.2 Å². The van der Waals surface area contributed by atoms with Gasteiger partial charge in [0, 0.05) is 11.2 Å². The molecule has 0 radical (unpaired) electrons. The van der Waals surface area contributed by atoms with E-state index in [4.69, 9.17) is 0 Å². The molecule has 0 aromatic heterocycles. The lowest BCUT2D eigenvalue weighted by atomic mass is 10.1. The van der Waals surface area contributed by atoms with Crippen LogP contribution in [0.2, 0.25) is 0 Å². The maximum atomic E-state index is 11.3. The first kappa shape index (κ1) is 10.2. The van der Waals surface area contributed by atoms with Gasteiger partial charge in [-0.2, -0.15) is 0 Å². The van der Waals surface area contributed by atoms with Gasteiger partial charge in [0.05, 0.1) is 16.0 Å². The summed E-state index contributed by atoms with van der Waals surface area (Å²) in [6.45, 7) is 0. The highest BCUT2D eigenvalue weighted by Crippen LogP contribution is 2.23. The number of amides is 2. The summed E-state index contributed by atoms with van der Waals surface area (Å²) in [6, 6.07) is 4.08. The Labute approximate surface area is 90.0 Å². The molecule has 5 nitrogen and oxygen atoms in total. The third kappa shape index (κ3) is 1.54. The van der Waals surface area contributed by atoms with Crippen LogP contribution < -0.4 is 5.32 Å². The van der Waals surface area contributed by atoms with Gasteiger partial charge in [-0.05, 0) is 12.1 Å². The smallest absolute Gasteiger partial charge is 0.260 e. The standard InChI is InChI=1S/C8H5NO4S2/c10-7-4-2-1-3-5(15(12,13)14)6(4)8(11)9-7/h1-3H,(H,9,10,11)(H,12,13,14). The maximum Gasteiger partial charge on any atom is 0.260 e. The number of benzene rings is 1. The molecule has 0 fully saturated rings. The van der Waals surface area contributed by atoms with Crippen molar-refractivity contribution < 1.29 is 18.4 Å². The molecule has 0 aliphatic carbocycles. The van der Waals surface area contributed by atoms with Crippen molar-refractivity contribution in [3.63, 3.8) is 0 Å². The highest BCUT2D eigenvalue weighted by Gasteiger charge is 2.31. The van der Waals surface area contributed by atoms with Crippen LogP contribution in [0.15, 0.2) is 23.1 Å². The van der Waals surface area contributed by atoms with Crippen molar-refractivity contribution in [2.24, 2.45) is 0 Å². The van der Waals surface area contributed by atoms with Crippen LogP contribution in [0.1, 0.15) is 20.7 Å². The Bertz CT molecular complexity index is 576. The van der Waals surface area contributed by atoms with E-state index in [0.717, 1.165) is 0 Å². The lowest BCUT2D eigenvalue weighted by Crippen LogP contribution is -2.20. The third-order valence-electron chi connectivity index (χ3n) is 2.00. The number of carbonyl (C=O) groups is 2. The summed E-state index contributed by atoms with van der Waals surface area (Å²) in [5.41, 5.74) is -0.00544. The van der Waals surface area contributed by atoms with Crippen molar-refractivity contribution in [3.05, 3.63) is 29.3 Å². The molecule has 2 N–H and O–H groups in total.